The summed E-state index contributed by atoms with van der Waals surface area (Å²) in [6, 6.07) is 6.56. The highest BCUT2D eigenvalue weighted by molar-refractivity contribution is 5.75. The molecule has 0 fully saturated rings. The molecule has 1 aromatic rings. The molecule has 1 N–H and O–H groups in total. The molecular formula is C14H21NO. The molecular weight excluding hydrogens is 198 g/mol. The van der Waals surface area contributed by atoms with Crippen molar-refractivity contribution in [2.75, 3.05) is 13.1 Å². The Bertz CT molecular complexity index is 358. The Morgan fingerprint density at radius 1 is 1.25 bits per heavy atom. The van der Waals surface area contributed by atoms with Crippen LogP contribution in [0.3, 0.4) is 0 Å². The Labute approximate surface area is 98.1 Å². The summed E-state index contributed by atoms with van der Waals surface area (Å²) in [6.07, 6.45) is 1.66. The lowest BCUT2D eigenvalue weighted by atomic mass is 10.0. The highest BCUT2D eigenvalue weighted by Crippen LogP contribution is 2.10. The second-order valence-electron chi connectivity index (χ2n) is 4.38. The minimum absolute atomic E-state index is 0.249. The fourth-order valence-corrected chi connectivity index (χ4v) is 1.74. The summed E-state index contributed by atoms with van der Waals surface area (Å²) in [6.45, 7) is 7.63. The van der Waals surface area contributed by atoms with Crippen molar-refractivity contribution >= 4 is 5.78 Å². The molecule has 0 heterocycles. The monoisotopic (exact) mass is 219 g/mol. The van der Waals surface area contributed by atoms with Gasteiger partial charge in [-0.25, -0.2) is 0 Å². The predicted molar refractivity (Wildman–Crippen MR) is 67.8 cm³/mol. The number of aryl methyl sites for hydroxylation is 2. The minimum Gasteiger partial charge on any atom is -0.316 e. The molecule has 0 saturated carbocycles. The van der Waals surface area contributed by atoms with Crippen LogP contribution in [0, 0.1) is 13.8 Å². The van der Waals surface area contributed by atoms with E-state index in [4.69, 9.17) is 0 Å². The Balaban J connectivity index is 2.29. The quantitative estimate of drug-likeness (QED) is 0.744. The van der Waals surface area contributed by atoms with Crippen molar-refractivity contribution in [1.29, 1.82) is 0 Å². The van der Waals surface area contributed by atoms with Crippen molar-refractivity contribution in [1.82, 2.24) is 5.32 Å². The first-order valence-corrected chi connectivity index (χ1v) is 5.86. The third kappa shape index (κ3) is 4.58. The van der Waals surface area contributed by atoms with Gasteiger partial charge < -0.3 is 5.32 Å². The number of ketones is 1. The van der Waals surface area contributed by atoms with Crippen LogP contribution in [0.25, 0.3) is 0 Å². The highest BCUT2D eigenvalue weighted by Gasteiger charge is 1.98. The van der Waals surface area contributed by atoms with Crippen molar-refractivity contribution in [3.8, 4) is 0 Å². The van der Waals surface area contributed by atoms with Gasteiger partial charge in [0.1, 0.15) is 5.78 Å². The standard InChI is InChI=1S/C14H21NO/c1-11-4-5-14(12(2)10-11)7-9-15-8-6-13(3)16/h4-5,10,15H,6-9H2,1-3H3. The number of benzene rings is 1. The lowest BCUT2D eigenvalue weighted by Gasteiger charge is -2.07. The molecule has 1 rings (SSSR count). The van der Waals surface area contributed by atoms with Crippen molar-refractivity contribution in [3.05, 3.63) is 34.9 Å². The van der Waals surface area contributed by atoms with E-state index in [1.807, 2.05) is 0 Å². The van der Waals surface area contributed by atoms with E-state index in [-0.39, 0.29) is 5.78 Å². The van der Waals surface area contributed by atoms with E-state index in [0.29, 0.717) is 6.42 Å². The fraction of sp³-hybridized carbons (Fsp3) is 0.500. The molecule has 0 atom stereocenters. The van der Waals surface area contributed by atoms with Crippen LogP contribution in [0.5, 0.6) is 0 Å². The normalized spacial score (nSPS) is 10.4. The zero-order valence-electron chi connectivity index (χ0n) is 10.5. The van der Waals surface area contributed by atoms with Gasteiger partial charge in [0.15, 0.2) is 0 Å². The van der Waals surface area contributed by atoms with Crippen LogP contribution in [0.2, 0.25) is 0 Å². The molecule has 0 aliphatic rings. The second kappa shape index (κ2) is 6.44. The molecule has 0 unspecified atom stereocenters. The molecule has 0 aliphatic heterocycles. The van der Waals surface area contributed by atoms with Gasteiger partial charge in [-0.1, -0.05) is 23.8 Å². The molecule has 2 heteroatoms. The second-order valence-corrected chi connectivity index (χ2v) is 4.38. The van der Waals surface area contributed by atoms with E-state index in [2.05, 4.69) is 37.4 Å². The summed E-state index contributed by atoms with van der Waals surface area (Å²) < 4.78 is 0. The summed E-state index contributed by atoms with van der Waals surface area (Å²) in [7, 11) is 0. The van der Waals surface area contributed by atoms with Crippen molar-refractivity contribution in [2.45, 2.75) is 33.6 Å². The molecule has 0 amide bonds. The number of carbonyl (C=O) groups is 1. The van der Waals surface area contributed by atoms with Gasteiger partial charge in [0, 0.05) is 13.0 Å². The molecule has 0 aliphatic carbocycles. The van der Waals surface area contributed by atoms with Crippen LogP contribution in [-0.4, -0.2) is 18.9 Å². The van der Waals surface area contributed by atoms with Gasteiger partial charge in [-0.15, -0.1) is 0 Å². The van der Waals surface area contributed by atoms with Gasteiger partial charge in [0.05, 0.1) is 0 Å². The highest BCUT2D eigenvalue weighted by atomic mass is 16.1. The van der Waals surface area contributed by atoms with Crippen LogP contribution in [0.4, 0.5) is 0 Å². The number of hydrogen-bond donors (Lipinski definition) is 1. The molecule has 16 heavy (non-hydrogen) atoms. The Kier molecular flexibility index (Phi) is 5.20. The summed E-state index contributed by atoms with van der Waals surface area (Å²) in [5.74, 6) is 0.249. The third-order valence-corrected chi connectivity index (χ3v) is 2.72. The first kappa shape index (κ1) is 12.9. The maximum atomic E-state index is 10.7. The van der Waals surface area contributed by atoms with Gasteiger partial charge in [-0.05, 0) is 44.9 Å². The minimum atomic E-state index is 0.249. The van der Waals surface area contributed by atoms with Crippen molar-refractivity contribution < 1.29 is 4.79 Å². The number of rotatable bonds is 6. The molecule has 2 nitrogen and oxygen atoms in total. The Morgan fingerprint density at radius 3 is 2.62 bits per heavy atom. The molecule has 1 aromatic carbocycles. The zero-order chi connectivity index (χ0) is 12.0. The first-order chi connectivity index (χ1) is 7.59. The summed E-state index contributed by atoms with van der Waals surface area (Å²) >= 11 is 0. The van der Waals surface area contributed by atoms with Crippen LogP contribution >= 0.6 is 0 Å². The number of hydrogen-bond acceptors (Lipinski definition) is 2. The van der Waals surface area contributed by atoms with Crippen LogP contribution in [-0.2, 0) is 11.2 Å². The van der Waals surface area contributed by atoms with Gasteiger partial charge in [0.25, 0.3) is 0 Å². The van der Waals surface area contributed by atoms with E-state index in [0.717, 1.165) is 19.5 Å². The van der Waals surface area contributed by atoms with Crippen molar-refractivity contribution in [3.63, 3.8) is 0 Å². The summed E-state index contributed by atoms with van der Waals surface area (Å²) in [5, 5.41) is 3.29. The van der Waals surface area contributed by atoms with E-state index < -0.39 is 0 Å². The fourth-order valence-electron chi connectivity index (χ4n) is 1.74. The van der Waals surface area contributed by atoms with Gasteiger partial charge in [0.2, 0.25) is 0 Å². The summed E-state index contributed by atoms with van der Waals surface area (Å²) in [4.78, 5) is 10.7. The number of carbonyl (C=O) groups excluding carboxylic acids is 1. The average Bonchev–Trinajstić information content (AvgIpc) is 2.20. The van der Waals surface area contributed by atoms with Crippen LogP contribution < -0.4 is 5.32 Å². The SMILES string of the molecule is CC(=O)CCNCCc1ccc(C)cc1C. The molecule has 0 saturated heterocycles. The maximum absolute atomic E-state index is 10.7. The topological polar surface area (TPSA) is 29.1 Å². The predicted octanol–water partition coefficient (Wildman–Crippen LogP) is 2.41. The molecule has 0 aromatic heterocycles. The van der Waals surface area contributed by atoms with Gasteiger partial charge in [-0.3, -0.25) is 4.79 Å². The van der Waals surface area contributed by atoms with Crippen LogP contribution in [0.15, 0.2) is 18.2 Å². The van der Waals surface area contributed by atoms with E-state index in [9.17, 15) is 4.79 Å². The first-order valence-electron chi connectivity index (χ1n) is 5.86. The Hall–Kier alpha value is -1.15. The third-order valence-electron chi connectivity index (χ3n) is 2.72. The smallest absolute Gasteiger partial charge is 0.131 e. The summed E-state index contributed by atoms with van der Waals surface area (Å²) in [5.41, 5.74) is 4.06. The van der Waals surface area contributed by atoms with Gasteiger partial charge >= 0.3 is 0 Å². The number of nitrogens with one attached hydrogen (secondary N) is 1. The largest absolute Gasteiger partial charge is 0.316 e. The lowest BCUT2D eigenvalue weighted by Crippen LogP contribution is -2.20. The molecule has 0 radical (unpaired) electrons. The number of Topliss-reactive ketones (excluding diaryl/α,β-unsaturated/α-hetero) is 1. The zero-order valence-corrected chi connectivity index (χ0v) is 10.5. The van der Waals surface area contributed by atoms with E-state index in [1.54, 1.807) is 6.92 Å². The Morgan fingerprint density at radius 2 is 2.00 bits per heavy atom. The van der Waals surface area contributed by atoms with Crippen LogP contribution in [0.1, 0.15) is 30.0 Å². The average molecular weight is 219 g/mol. The molecule has 0 spiro atoms. The van der Waals surface area contributed by atoms with Crippen molar-refractivity contribution in [2.24, 2.45) is 0 Å². The lowest BCUT2D eigenvalue weighted by molar-refractivity contribution is -0.116. The maximum Gasteiger partial charge on any atom is 0.131 e. The van der Waals surface area contributed by atoms with E-state index >= 15 is 0 Å². The molecule has 0 bridgehead atoms. The van der Waals surface area contributed by atoms with E-state index in [1.165, 1.54) is 16.7 Å². The van der Waals surface area contributed by atoms with Gasteiger partial charge in [-0.2, -0.15) is 0 Å². The molecule has 88 valence electrons.